The molecule has 0 atom stereocenters. The molecule has 2 N–H and O–H groups in total. The minimum atomic E-state index is -0.396. The van der Waals surface area contributed by atoms with Crippen molar-refractivity contribution in [2.45, 2.75) is 26.5 Å². The van der Waals surface area contributed by atoms with Crippen LogP contribution in [0.1, 0.15) is 19.4 Å². The van der Waals surface area contributed by atoms with E-state index in [9.17, 15) is 4.39 Å². The smallest absolute Gasteiger partial charge is 0.262 e. The lowest BCUT2D eigenvalue weighted by molar-refractivity contribution is 0.231. The second-order valence-corrected chi connectivity index (χ2v) is 4.53. The molecule has 0 amide bonds. The van der Waals surface area contributed by atoms with Gasteiger partial charge in [-0.25, -0.2) is 9.37 Å². The zero-order valence-electron chi connectivity index (χ0n) is 11.5. The first-order valence-electron chi connectivity index (χ1n) is 6.38. The van der Waals surface area contributed by atoms with Gasteiger partial charge in [-0.15, -0.1) is 0 Å². The van der Waals surface area contributed by atoms with E-state index in [1.165, 1.54) is 6.07 Å². The summed E-state index contributed by atoms with van der Waals surface area (Å²) in [5, 5.41) is 0. The number of rotatable bonds is 5. The number of hydrogen-bond donors (Lipinski definition) is 1. The van der Waals surface area contributed by atoms with Crippen molar-refractivity contribution in [3.63, 3.8) is 0 Å². The Labute approximate surface area is 117 Å². The summed E-state index contributed by atoms with van der Waals surface area (Å²) in [6.45, 7) is 3.97. The summed E-state index contributed by atoms with van der Waals surface area (Å²) in [5.74, 6) is 0.783. The van der Waals surface area contributed by atoms with Gasteiger partial charge in [0, 0.05) is 24.4 Å². The second-order valence-electron chi connectivity index (χ2n) is 4.53. The molecule has 20 heavy (non-hydrogen) atoms. The molecule has 1 heterocycles. The van der Waals surface area contributed by atoms with Crippen LogP contribution in [0, 0.1) is 5.82 Å². The highest BCUT2D eigenvalue weighted by Gasteiger charge is 2.10. The molecular weight excluding hydrogens is 259 g/mol. The number of halogens is 1. The predicted molar refractivity (Wildman–Crippen MR) is 74.4 cm³/mol. The number of aromatic nitrogens is 1. The van der Waals surface area contributed by atoms with Crippen LogP contribution in [0.5, 0.6) is 17.4 Å². The van der Waals surface area contributed by atoms with Crippen molar-refractivity contribution < 1.29 is 13.9 Å². The SMILES string of the molecule is CC(C)Oc1cccnc1Oc1ccc(CN)c(F)c1. The fourth-order valence-electron chi connectivity index (χ4n) is 1.67. The number of nitrogens with two attached hydrogens (primary N) is 1. The monoisotopic (exact) mass is 276 g/mol. The molecule has 0 aliphatic rings. The molecule has 0 spiro atoms. The largest absolute Gasteiger partial charge is 0.485 e. The third-order valence-electron chi connectivity index (χ3n) is 2.56. The Morgan fingerprint density at radius 3 is 2.75 bits per heavy atom. The normalized spacial score (nSPS) is 10.7. The zero-order valence-corrected chi connectivity index (χ0v) is 11.5. The first kappa shape index (κ1) is 14.3. The van der Waals surface area contributed by atoms with Gasteiger partial charge >= 0.3 is 0 Å². The minimum absolute atomic E-state index is 0.00194. The van der Waals surface area contributed by atoms with Crippen molar-refractivity contribution in [1.29, 1.82) is 0 Å². The molecule has 106 valence electrons. The van der Waals surface area contributed by atoms with Crippen molar-refractivity contribution in [3.05, 3.63) is 47.9 Å². The van der Waals surface area contributed by atoms with E-state index in [1.807, 2.05) is 13.8 Å². The van der Waals surface area contributed by atoms with Gasteiger partial charge in [-0.1, -0.05) is 6.07 Å². The van der Waals surface area contributed by atoms with Crippen LogP contribution in [0.15, 0.2) is 36.5 Å². The third-order valence-corrected chi connectivity index (χ3v) is 2.56. The first-order valence-corrected chi connectivity index (χ1v) is 6.38. The molecule has 1 aromatic carbocycles. The fraction of sp³-hybridized carbons (Fsp3) is 0.267. The maximum atomic E-state index is 13.7. The van der Waals surface area contributed by atoms with Gasteiger partial charge in [0.2, 0.25) is 0 Å². The van der Waals surface area contributed by atoms with E-state index in [0.717, 1.165) is 0 Å². The molecule has 1 aromatic heterocycles. The summed E-state index contributed by atoms with van der Waals surface area (Å²) in [6, 6.07) is 8.04. The second kappa shape index (κ2) is 6.34. The van der Waals surface area contributed by atoms with E-state index >= 15 is 0 Å². The Balaban J connectivity index is 2.23. The maximum absolute atomic E-state index is 13.7. The van der Waals surface area contributed by atoms with Gasteiger partial charge in [0.05, 0.1) is 6.10 Å². The standard InChI is InChI=1S/C15H17FN2O2/c1-10(2)19-14-4-3-7-18-15(14)20-12-6-5-11(9-17)13(16)8-12/h3-8,10H,9,17H2,1-2H3. The van der Waals surface area contributed by atoms with Gasteiger partial charge in [-0.2, -0.15) is 0 Å². The summed E-state index contributed by atoms with van der Waals surface area (Å²) in [7, 11) is 0. The van der Waals surface area contributed by atoms with Crippen molar-refractivity contribution in [2.24, 2.45) is 5.73 Å². The number of pyridine rings is 1. The maximum Gasteiger partial charge on any atom is 0.262 e. The molecular formula is C15H17FN2O2. The van der Waals surface area contributed by atoms with Gasteiger partial charge in [-0.3, -0.25) is 0 Å². The van der Waals surface area contributed by atoms with Crippen molar-refractivity contribution in [3.8, 4) is 17.4 Å². The molecule has 4 nitrogen and oxygen atoms in total. The summed E-state index contributed by atoms with van der Waals surface area (Å²) in [6.07, 6.45) is 1.59. The van der Waals surface area contributed by atoms with Crippen molar-refractivity contribution in [1.82, 2.24) is 4.98 Å². The van der Waals surface area contributed by atoms with Crippen LogP contribution in [0.2, 0.25) is 0 Å². The van der Waals surface area contributed by atoms with Gasteiger partial charge in [-0.05, 0) is 32.0 Å². The lowest BCUT2D eigenvalue weighted by atomic mass is 10.2. The van der Waals surface area contributed by atoms with Gasteiger partial charge < -0.3 is 15.2 Å². The zero-order chi connectivity index (χ0) is 14.5. The number of nitrogens with zero attached hydrogens (tertiary/aromatic N) is 1. The van der Waals surface area contributed by atoms with Gasteiger partial charge in [0.1, 0.15) is 11.6 Å². The molecule has 0 aliphatic carbocycles. The highest BCUT2D eigenvalue weighted by molar-refractivity contribution is 5.38. The van der Waals surface area contributed by atoms with Crippen LogP contribution in [-0.4, -0.2) is 11.1 Å². The third kappa shape index (κ3) is 3.45. The Bertz CT molecular complexity index is 588. The van der Waals surface area contributed by atoms with Crippen LogP contribution in [0.4, 0.5) is 4.39 Å². The predicted octanol–water partition coefficient (Wildman–Crippen LogP) is 3.26. The van der Waals surface area contributed by atoms with E-state index in [4.69, 9.17) is 15.2 Å². The van der Waals surface area contributed by atoms with E-state index in [2.05, 4.69) is 4.98 Å². The van der Waals surface area contributed by atoms with Crippen LogP contribution >= 0.6 is 0 Å². The summed E-state index contributed by atoms with van der Waals surface area (Å²) in [5.41, 5.74) is 5.86. The molecule has 0 aliphatic heterocycles. The van der Waals surface area contributed by atoms with Crippen molar-refractivity contribution >= 4 is 0 Å². The Morgan fingerprint density at radius 2 is 2.10 bits per heavy atom. The van der Waals surface area contributed by atoms with E-state index in [0.29, 0.717) is 22.9 Å². The summed E-state index contributed by atoms with van der Waals surface area (Å²) >= 11 is 0. The quantitative estimate of drug-likeness (QED) is 0.910. The summed E-state index contributed by atoms with van der Waals surface area (Å²) in [4.78, 5) is 4.10. The minimum Gasteiger partial charge on any atom is -0.485 e. The average molecular weight is 276 g/mol. The molecule has 2 rings (SSSR count). The molecule has 5 heteroatoms. The number of benzene rings is 1. The van der Waals surface area contributed by atoms with Gasteiger partial charge in [0.25, 0.3) is 5.88 Å². The lowest BCUT2D eigenvalue weighted by Gasteiger charge is -2.13. The highest BCUT2D eigenvalue weighted by atomic mass is 19.1. The van der Waals surface area contributed by atoms with Gasteiger partial charge in [0.15, 0.2) is 5.75 Å². The topological polar surface area (TPSA) is 57.4 Å². The molecule has 2 aromatic rings. The van der Waals surface area contributed by atoms with E-state index in [1.54, 1.807) is 30.5 Å². The molecule has 0 saturated carbocycles. The van der Waals surface area contributed by atoms with Crippen LogP contribution in [0.3, 0.4) is 0 Å². The molecule has 0 saturated heterocycles. The van der Waals surface area contributed by atoms with Crippen molar-refractivity contribution in [2.75, 3.05) is 0 Å². The van der Waals surface area contributed by atoms with E-state index < -0.39 is 5.82 Å². The Kier molecular flexibility index (Phi) is 4.53. The highest BCUT2D eigenvalue weighted by Crippen LogP contribution is 2.30. The van der Waals surface area contributed by atoms with Crippen LogP contribution < -0.4 is 15.2 Å². The molecule has 0 bridgehead atoms. The molecule has 0 radical (unpaired) electrons. The van der Waals surface area contributed by atoms with Crippen LogP contribution in [-0.2, 0) is 6.54 Å². The number of hydrogen-bond acceptors (Lipinski definition) is 4. The first-order chi connectivity index (χ1) is 9.60. The number of ether oxygens (including phenoxy) is 2. The molecule has 0 fully saturated rings. The average Bonchev–Trinajstić information content (AvgIpc) is 2.41. The Hall–Kier alpha value is -2.14. The lowest BCUT2D eigenvalue weighted by Crippen LogP contribution is -2.07. The van der Waals surface area contributed by atoms with E-state index in [-0.39, 0.29) is 12.6 Å². The fourth-order valence-corrected chi connectivity index (χ4v) is 1.67. The molecule has 0 unspecified atom stereocenters. The van der Waals surface area contributed by atoms with Crippen LogP contribution in [0.25, 0.3) is 0 Å². The summed E-state index contributed by atoms with van der Waals surface area (Å²) < 4.78 is 24.8. The Morgan fingerprint density at radius 1 is 1.30 bits per heavy atom.